The van der Waals surface area contributed by atoms with Crippen LogP contribution in [0.1, 0.15) is 29.7 Å². The number of thiazole rings is 1. The fourth-order valence-electron chi connectivity index (χ4n) is 4.25. The number of hydrogen-bond acceptors (Lipinski definition) is 6. The summed E-state index contributed by atoms with van der Waals surface area (Å²) in [5.74, 6) is 0.154. The molecule has 0 saturated carbocycles. The van der Waals surface area contributed by atoms with E-state index in [0.29, 0.717) is 31.4 Å². The summed E-state index contributed by atoms with van der Waals surface area (Å²) in [4.78, 5) is 32.6. The summed E-state index contributed by atoms with van der Waals surface area (Å²) < 4.78 is 12.9. The summed E-state index contributed by atoms with van der Waals surface area (Å²) in [6.45, 7) is 1.95. The van der Waals surface area contributed by atoms with E-state index in [0.717, 1.165) is 16.7 Å². The molecule has 0 fully saturated rings. The fraction of sp³-hybridized carbons (Fsp3) is 0.138. The van der Waals surface area contributed by atoms with Gasteiger partial charge in [-0.25, -0.2) is 9.79 Å². The molecule has 0 aliphatic carbocycles. The lowest BCUT2D eigenvalue weighted by Gasteiger charge is -2.26. The number of nitrogens with zero attached hydrogens (tertiary/aromatic N) is 2. The number of halogens is 1. The van der Waals surface area contributed by atoms with E-state index >= 15 is 0 Å². The second kappa shape index (κ2) is 10.6. The highest BCUT2D eigenvalue weighted by Crippen LogP contribution is 2.35. The molecule has 1 unspecified atom stereocenters. The number of ether oxygens (including phenoxy) is 2. The van der Waals surface area contributed by atoms with Crippen LogP contribution in [-0.2, 0) is 9.53 Å². The van der Waals surface area contributed by atoms with E-state index in [9.17, 15) is 9.59 Å². The first-order valence-corrected chi connectivity index (χ1v) is 12.9. The fourth-order valence-corrected chi connectivity index (χ4v) is 5.38. The van der Waals surface area contributed by atoms with Crippen LogP contribution in [-0.4, -0.2) is 24.3 Å². The van der Waals surface area contributed by atoms with Gasteiger partial charge >= 0.3 is 5.97 Å². The standard InChI is InChI=1S/C29H23ClN2O4S/c1-3-36-28(34)24-25(19-7-5-4-6-8-19)31-29-32(26(24)20-11-15-22(35-2)16-12-20)27(33)23(37-29)17-18-9-13-21(30)14-10-18/h4-17,26H,3H2,1-2H3/b23-17-. The number of rotatable bonds is 6. The quantitative estimate of drug-likeness (QED) is 0.342. The molecule has 1 aromatic heterocycles. The van der Waals surface area contributed by atoms with Gasteiger partial charge in [0.2, 0.25) is 0 Å². The monoisotopic (exact) mass is 530 g/mol. The predicted molar refractivity (Wildman–Crippen MR) is 146 cm³/mol. The maximum absolute atomic E-state index is 13.8. The lowest BCUT2D eigenvalue weighted by molar-refractivity contribution is -0.138. The molecule has 1 aliphatic rings. The molecule has 0 amide bonds. The smallest absolute Gasteiger partial charge is 0.338 e. The average Bonchev–Trinajstić information content (AvgIpc) is 3.24. The normalized spacial score (nSPS) is 15.2. The van der Waals surface area contributed by atoms with Crippen LogP contribution in [0.4, 0.5) is 0 Å². The minimum Gasteiger partial charge on any atom is -0.497 e. The third kappa shape index (κ3) is 4.88. The molecule has 0 radical (unpaired) electrons. The molecular formula is C29H23ClN2O4S. The first kappa shape index (κ1) is 24.7. The second-order valence-electron chi connectivity index (χ2n) is 8.26. The van der Waals surface area contributed by atoms with E-state index in [1.165, 1.54) is 11.3 Å². The van der Waals surface area contributed by atoms with Gasteiger partial charge in [-0.3, -0.25) is 9.36 Å². The van der Waals surface area contributed by atoms with Gasteiger partial charge in [0.1, 0.15) is 5.75 Å². The summed E-state index contributed by atoms with van der Waals surface area (Å²) >= 11 is 7.31. The molecule has 37 heavy (non-hydrogen) atoms. The Morgan fingerprint density at radius 3 is 2.41 bits per heavy atom. The Balaban J connectivity index is 1.81. The summed E-state index contributed by atoms with van der Waals surface area (Å²) in [5.41, 5.74) is 2.89. The zero-order chi connectivity index (χ0) is 25.9. The molecule has 5 rings (SSSR count). The number of aromatic nitrogens is 1. The van der Waals surface area contributed by atoms with Gasteiger partial charge in [0.05, 0.1) is 35.6 Å². The van der Waals surface area contributed by atoms with Gasteiger partial charge in [-0.2, -0.15) is 0 Å². The summed E-state index contributed by atoms with van der Waals surface area (Å²) in [7, 11) is 1.59. The zero-order valence-electron chi connectivity index (χ0n) is 20.2. The van der Waals surface area contributed by atoms with Crippen LogP contribution in [0.2, 0.25) is 5.02 Å². The first-order chi connectivity index (χ1) is 18.0. The minimum atomic E-state index is -0.733. The van der Waals surface area contributed by atoms with E-state index in [-0.39, 0.29) is 12.2 Å². The van der Waals surface area contributed by atoms with Crippen molar-refractivity contribution in [3.05, 3.63) is 126 Å². The van der Waals surface area contributed by atoms with Crippen LogP contribution in [0.25, 0.3) is 11.8 Å². The van der Waals surface area contributed by atoms with Crippen molar-refractivity contribution in [2.45, 2.75) is 13.0 Å². The molecule has 6 nitrogen and oxygen atoms in total. The van der Waals surface area contributed by atoms with Gasteiger partial charge in [0.15, 0.2) is 4.80 Å². The Morgan fingerprint density at radius 2 is 1.76 bits per heavy atom. The molecule has 0 bridgehead atoms. The molecular weight excluding hydrogens is 508 g/mol. The molecule has 2 heterocycles. The van der Waals surface area contributed by atoms with Crippen LogP contribution in [0.15, 0.2) is 94.2 Å². The number of hydrogen-bond donors (Lipinski definition) is 0. The number of carbonyl (C=O) groups is 1. The third-order valence-corrected chi connectivity index (χ3v) is 7.21. The topological polar surface area (TPSA) is 69.9 Å². The van der Waals surface area contributed by atoms with Crippen molar-refractivity contribution < 1.29 is 14.3 Å². The van der Waals surface area contributed by atoms with Crippen molar-refractivity contribution >= 4 is 40.7 Å². The molecule has 8 heteroatoms. The van der Waals surface area contributed by atoms with Gasteiger partial charge < -0.3 is 9.47 Å². The lowest BCUT2D eigenvalue weighted by atomic mass is 9.93. The zero-order valence-corrected chi connectivity index (χ0v) is 21.8. The third-order valence-electron chi connectivity index (χ3n) is 5.97. The highest BCUT2D eigenvalue weighted by atomic mass is 35.5. The molecule has 0 saturated heterocycles. The Morgan fingerprint density at radius 1 is 1.05 bits per heavy atom. The van der Waals surface area contributed by atoms with Crippen molar-refractivity contribution in [3.8, 4) is 5.75 Å². The second-order valence-corrected chi connectivity index (χ2v) is 9.70. The van der Waals surface area contributed by atoms with Crippen LogP contribution in [0.3, 0.4) is 0 Å². The van der Waals surface area contributed by atoms with Crippen molar-refractivity contribution in [1.82, 2.24) is 4.57 Å². The average molecular weight is 531 g/mol. The molecule has 3 aromatic carbocycles. The van der Waals surface area contributed by atoms with E-state index in [4.69, 9.17) is 26.1 Å². The Hall–Kier alpha value is -3.94. The van der Waals surface area contributed by atoms with Crippen LogP contribution in [0.5, 0.6) is 5.75 Å². The van der Waals surface area contributed by atoms with Crippen molar-refractivity contribution in [3.63, 3.8) is 0 Å². The van der Waals surface area contributed by atoms with Crippen molar-refractivity contribution in [1.29, 1.82) is 0 Å². The number of fused-ring (bicyclic) bond motifs is 1. The first-order valence-electron chi connectivity index (χ1n) is 11.7. The summed E-state index contributed by atoms with van der Waals surface area (Å²) in [6, 6.07) is 23.3. The number of methoxy groups -OCH3 is 1. The maximum Gasteiger partial charge on any atom is 0.338 e. The summed E-state index contributed by atoms with van der Waals surface area (Å²) in [6.07, 6.45) is 1.81. The number of esters is 1. The molecule has 1 atom stereocenters. The highest BCUT2D eigenvalue weighted by molar-refractivity contribution is 7.07. The van der Waals surface area contributed by atoms with Crippen molar-refractivity contribution in [2.75, 3.05) is 13.7 Å². The van der Waals surface area contributed by atoms with Crippen LogP contribution >= 0.6 is 22.9 Å². The molecule has 0 spiro atoms. The minimum absolute atomic E-state index is 0.195. The van der Waals surface area contributed by atoms with E-state index in [1.807, 2.05) is 72.8 Å². The van der Waals surface area contributed by atoms with Gasteiger partial charge in [-0.1, -0.05) is 77.5 Å². The maximum atomic E-state index is 13.8. The van der Waals surface area contributed by atoms with Crippen LogP contribution in [0, 0.1) is 0 Å². The molecule has 0 N–H and O–H groups in total. The highest BCUT2D eigenvalue weighted by Gasteiger charge is 2.35. The van der Waals surface area contributed by atoms with Crippen molar-refractivity contribution in [2.24, 2.45) is 4.99 Å². The lowest BCUT2D eigenvalue weighted by Crippen LogP contribution is -2.40. The number of benzene rings is 3. The van der Waals surface area contributed by atoms with E-state index in [2.05, 4.69) is 0 Å². The van der Waals surface area contributed by atoms with Gasteiger partial charge in [0.25, 0.3) is 5.56 Å². The van der Waals surface area contributed by atoms with Gasteiger partial charge in [-0.05, 0) is 48.4 Å². The van der Waals surface area contributed by atoms with E-state index < -0.39 is 12.0 Å². The Labute approximate surface area is 222 Å². The number of carbonyl (C=O) groups excluding carboxylic acids is 1. The largest absolute Gasteiger partial charge is 0.497 e. The summed E-state index contributed by atoms with van der Waals surface area (Å²) in [5, 5.41) is 0.615. The SMILES string of the molecule is CCOC(=O)C1=C(c2ccccc2)N=c2s/c(=C\c3ccc(Cl)cc3)c(=O)n2C1c1ccc(OC)cc1. The van der Waals surface area contributed by atoms with Gasteiger partial charge in [0, 0.05) is 10.6 Å². The van der Waals surface area contributed by atoms with E-state index in [1.54, 1.807) is 30.7 Å². The molecule has 4 aromatic rings. The van der Waals surface area contributed by atoms with Crippen LogP contribution < -0.4 is 19.6 Å². The molecule has 1 aliphatic heterocycles. The predicted octanol–water partition coefficient (Wildman–Crippen LogP) is 4.60. The van der Waals surface area contributed by atoms with Gasteiger partial charge in [-0.15, -0.1) is 0 Å². The Bertz CT molecular complexity index is 1650. The Kier molecular flexibility index (Phi) is 7.08. The molecule has 186 valence electrons.